The molecular weight excluding hydrogens is 482 g/mol. The Kier molecular flexibility index (Phi) is 6.10. The van der Waals surface area contributed by atoms with Crippen molar-refractivity contribution in [3.05, 3.63) is 63.7 Å². The number of hydrogen-bond acceptors (Lipinski definition) is 6. The number of nitrogens with zero attached hydrogens (tertiary/aromatic N) is 5. The number of hydrogen-bond donors (Lipinski definition) is 0. The maximum absolute atomic E-state index is 13.1. The van der Waals surface area contributed by atoms with Crippen molar-refractivity contribution < 1.29 is 14.3 Å². The van der Waals surface area contributed by atoms with E-state index in [9.17, 15) is 9.59 Å². The summed E-state index contributed by atoms with van der Waals surface area (Å²) in [5.74, 6) is 1.14. The maximum atomic E-state index is 13.1. The summed E-state index contributed by atoms with van der Waals surface area (Å²) in [6.07, 6.45) is 4.33. The van der Waals surface area contributed by atoms with Gasteiger partial charge in [-0.3, -0.25) is 14.3 Å². The second-order valence-corrected chi connectivity index (χ2v) is 9.78. The van der Waals surface area contributed by atoms with Crippen molar-refractivity contribution in [2.45, 2.75) is 25.9 Å². The van der Waals surface area contributed by atoms with E-state index in [4.69, 9.17) is 21.1 Å². The van der Waals surface area contributed by atoms with Crippen LogP contribution < -0.4 is 10.3 Å². The summed E-state index contributed by atoms with van der Waals surface area (Å²) in [7, 11) is 0. The molecule has 1 saturated carbocycles. The zero-order chi connectivity index (χ0) is 24.6. The number of carbonyl (C=O) groups excluding carboxylic acids is 1. The predicted molar refractivity (Wildman–Crippen MR) is 135 cm³/mol. The summed E-state index contributed by atoms with van der Waals surface area (Å²) in [6, 6.07) is 11.0. The van der Waals surface area contributed by atoms with Crippen LogP contribution in [0.3, 0.4) is 0 Å². The van der Waals surface area contributed by atoms with E-state index >= 15 is 0 Å². The van der Waals surface area contributed by atoms with Gasteiger partial charge in [0.2, 0.25) is 5.91 Å². The zero-order valence-electron chi connectivity index (χ0n) is 19.7. The highest BCUT2D eigenvalue weighted by Gasteiger charge is 2.23. The van der Waals surface area contributed by atoms with Crippen LogP contribution in [0.4, 0.5) is 0 Å². The molecule has 2 fully saturated rings. The third-order valence-corrected chi connectivity index (χ3v) is 6.98. The molecule has 6 rings (SSSR count). The SMILES string of the molecule is O=C(Cn1nc(Cn2cc3cc(OCC4CC4)c(Cl)cc3n2)c2ccccc2c1=O)N1CCOCC1. The van der Waals surface area contributed by atoms with Gasteiger partial charge in [0.25, 0.3) is 5.56 Å². The van der Waals surface area contributed by atoms with Crippen LogP contribution in [0.25, 0.3) is 21.7 Å². The highest BCUT2D eigenvalue weighted by molar-refractivity contribution is 6.32. The fraction of sp³-hybridized carbons (Fsp3) is 0.385. The summed E-state index contributed by atoms with van der Waals surface area (Å²) < 4.78 is 14.3. The van der Waals surface area contributed by atoms with Crippen LogP contribution in [0, 0.1) is 5.92 Å². The average Bonchev–Trinajstić information content (AvgIpc) is 3.65. The molecule has 0 bridgehead atoms. The molecule has 36 heavy (non-hydrogen) atoms. The Morgan fingerprint density at radius 3 is 2.67 bits per heavy atom. The standard InChI is InChI=1S/C26H26ClN5O4/c27-21-12-22-18(11-24(21)36-16-17-5-6-17)13-31(28-22)14-23-19-3-1-2-4-20(19)26(34)32(29-23)15-25(33)30-7-9-35-10-8-30/h1-4,11-13,17H,5-10,14-16H2. The summed E-state index contributed by atoms with van der Waals surface area (Å²) in [4.78, 5) is 27.7. The molecule has 2 aliphatic rings. The lowest BCUT2D eigenvalue weighted by Gasteiger charge is -2.27. The summed E-state index contributed by atoms with van der Waals surface area (Å²) in [5, 5.41) is 12.0. The number of halogens is 1. The van der Waals surface area contributed by atoms with Gasteiger partial charge >= 0.3 is 0 Å². The molecular formula is C26H26ClN5O4. The maximum Gasteiger partial charge on any atom is 0.275 e. The Labute approximate surface area is 212 Å². The van der Waals surface area contributed by atoms with Crippen molar-refractivity contribution in [2.24, 2.45) is 5.92 Å². The van der Waals surface area contributed by atoms with Gasteiger partial charge in [0.05, 0.1) is 48.0 Å². The van der Waals surface area contributed by atoms with Crippen molar-refractivity contribution in [1.29, 1.82) is 0 Å². The molecule has 0 N–H and O–H groups in total. The zero-order valence-corrected chi connectivity index (χ0v) is 20.5. The first kappa shape index (κ1) is 23.0. The van der Waals surface area contributed by atoms with Gasteiger partial charge in [0.1, 0.15) is 12.3 Å². The Morgan fingerprint density at radius 1 is 1.11 bits per heavy atom. The minimum Gasteiger partial charge on any atom is -0.492 e. The van der Waals surface area contributed by atoms with Gasteiger partial charge in [0, 0.05) is 30.1 Å². The molecule has 1 aliphatic heterocycles. The van der Waals surface area contributed by atoms with Crippen LogP contribution in [0.15, 0.2) is 47.4 Å². The fourth-order valence-electron chi connectivity index (χ4n) is 4.48. The molecule has 1 saturated heterocycles. The number of fused-ring (bicyclic) bond motifs is 2. The Balaban J connectivity index is 1.31. The number of aromatic nitrogens is 4. The molecule has 186 valence electrons. The van der Waals surface area contributed by atoms with Crippen LogP contribution in [0.1, 0.15) is 18.5 Å². The third kappa shape index (κ3) is 4.68. The number of benzene rings is 2. The Hall–Kier alpha value is -3.43. The predicted octanol–water partition coefficient (Wildman–Crippen LogP) is 3.10. The van der Waals surface area contributed by atoms with Gasteiger partial charge in [0.15, 0.2) is 0 Å². The van der Waals surface area contributed by atoms with E-state index in [2.05, 4.69) is 10.2 Å². The Morgan fingerprint density at radius 2 is 1.89 bits per heavy atom. The van der Waals surface area contributed by atoms with Crippen molar-refractivity contribution >= 4 is 39.2 Å². The first-order valence-electron chi connectivity index (χ1n) is 12.2. The number of carbonyl (C=O) groups is 1. The number of morpholine rings is 1. The van der Waals surface area contributed by atoms with E-state index in [0.717, 1.165) is 16.3 Å². The van der Waals surface area contributed by atoms with Gasteiger partial charge < -0.3 is 14.4 Å². The highest BCUT2D eigenvalue weighted by Crippen LogP contribution is 2.33. The van der Waals surface area contributed by atoms with Crippen molar-refractivity contribution in [2.75, 3.05) is 32.9 Å². The van der Waals surface area contributed by atoms with Crippen LogP contribution >= 0.6 is 11.6 Å². The lowest BCUT2D eigenvalue weighted by Crippen LogP contribution is -2.44. The molecule has 4 aromatic rings. The lowest BCUT2D eigenvalue weighted by molar-refractivity contribution is -0.136. The second-order valence-electron chi connectivity index (χ2n) is 9.37. The quantitative estimate of drug-likeness (QED) is 0.382. The third-order valence-electron chi connectivity index (χ3n) is 6.68. The summed E-state index contributed by atoms with van der Waals surface area (Å²) in [5.41, 5.74) is 1.12. The van der Waals surface area contributed by atoms with Crippen molar-refractivity contribution in [1.82, 2.24) is 24.5 Å². The van der Waals surface area contributed by atoms with Gasteiger partial charge in [-0.15, -0.1) is 0 Å². The van der Waals surface area contributed by atoms with Crippen LogP contribution in [-0.2, 0) is 22.6 Å². The van der Waals surface area contributed by atoms with Crippen LogP contribution in [0.2, 0.25) is 5.02 Å². The smallest absolute Gasteiger partial charge is 0.275 e. The molecule has 2 aromatic heterocycles. The molecule has 3 heterocycles. The minimum atomic E-state index is -0.286. The first-order valence-corrected chi connectivity index (χ1v) is 12.6. The summed E-state index contributed by atoms with van der Waals surface area (Å²) in [6.45, 7) is 2.93. The van der Waals surface area contributed by atoms with Crippen molar-refractivity contribution in [3.63, 3.8) is 0 Å². The molecule has 10 heteroatoms. The summed E-state index contributed by atoms with van der Waals surface area (Å²) >= 11 is 6.44. The van der Waals surface area contributed by atoms with Gasteiger partial charge in [-0.2, -0.15) is 10.2 Å². The molecule has 9 nitrogen and oxygen atoms in total. The fourth-order valence-corrected chi connectivity index (χ4v) is 4.70. The highest BCUT2D eigenvalue weighted by atomic mass is 35.5. The second kappa shape index (κ2) is 9.55. The first-order chi connectivity index (χ1) is 17.5. The van der Waals surface area contributed by atoms with E-state index in [-0.39, 0.29) is 18.0 Å². The Bertz CT molecular complexity index is 1500. The molecule has 0 spiro atoms. The molecule has 0 radical (unpaired) electrons. The van der Waals surface area contributed by atoms with Crippen LogP contribution in [0.5, 0.6) is 5.75 Å². The van der Waals surface area contributed by atoms with Gasteiger partial charge in [-0.05, 0) is 37.0 Å². The monoisotopic (exact) mass is 507 g/mol. The van der Waals surface area contributed by atoms with E-state index in [1.165, 1.54) is 17.5 Å². The normalized spacial score (nSPS) is 16.1. The van der Waals surface area contributed by atoms with Crippen molar-refractivity contribution in [3.8, 4) is 5.75 Å². The van der Waals surface area contributed by atoms with Crippen LogP contribution in [-0.4, -0.2) is 63.3 Å². The number of ether oxygens (including phenoxy) is 2. The van der Waals surface area contributed by atoms with E-state index < -0.39 is 0 Å². The van der Waals surface area contributed by atoms with E-state index in [1.54, 1.807) is 15.6 Å². The molecule has 1 aliphatic carbocycles. The number of amides is 1. The number of rotatable bonds is 7. The largest absolute Gasteiger partial charge is 0.492 e. The average molecular weight is 508 g/mol. The molecule has 0 atom stereocenters. The van der Waals surface area contributed by atoms with Gasteiger partial charge in [-0.1, -0.05) is 29.8 Å². The minimum absolute atomic E-state index is 0.116. The van der Waals surface area contributed by atoms with E-state index in [1.807, 2.05) is 36.5 Å². The molecule has 1 amide bonds. The lowest BCUT2D eigenvalue weighted by atomic mass is 10.1. The topological polar surface area (TPSA) is 91.5 Å². The molecule has 0 unspecified atom stereocenters. The van der Waals surface area contributed by atoms with E-state index in [0.29, 0.717) is 67.2 Å². The van der Waals surface area contributed by atoms with Gasteiger partial charge in [-0.25, -0.2) is 4.68 Å². The molecule has 2 aromatic carbocycles.